The second kappa shape index (κ2) is 6.40. The van der Waals surface area contributed by atoms with Crippen LogP contribution in [0.3, 0.4) is 0 Å². The van der Waals surface area contributed by atoms with Crippen LogP contribution in [0.25, 0.3) is 4.91 Å². The Morgan fingerprint density at radius 3 is 2.42 bits per heavy atom. The van der Waals surface area contributed by atoms with Crippen molar-refractivity contribution < 1.29 is 31.4 Å². The third-order valence-corrected chi connectivity index (χ3v) is 6.86. The summed E-state index contributed by atoms with van der Waals surface area (Å²) in [5.41, 5.74) is -2.31. The van der Waals surface area contributed by atoms with Gasteiger partial charge in [0.25, 0.3) is 0 Å². The smallest absolute Gasteiger partial charge is 0.417 e. The summed E-state index contributed by atoms with van der Waals surface area (Å²) in [5.74, 6) is -0.386. The van der Waals surface area contributed by atoms with Crippen molar-refractivity contribution >= 4 is 26.5 Å². The highest BCUT2D eigenvalue weighted by Crippen LogP contribution is 2.45. The van der Waals surface area contributed by atoms with Crippen LogP contribution in [0.15, 0.2) is 24.0 Å². The van der Waals surface area contributed by atoms with E-state index in [4.69, 9.17) is 16.3 Å². The fourth-order valence-corrected chi connectivity index (χ4v) is 5.63. The number of benzene rings is 1. The van der Waals surface area contributed by atoms with Crippen molar-refractivity contribution in [3.05, 3.63) is 40.1 Å². The first kappa shape index (κ1) is 19.5. The average molecular weight is 412 g/mol. The first-order chi connectivity index (χ1) is 12.0. The van der Waals surface area contributed by atoms with Crippen LogP contribution in [-0.2, 0) is 20.9 Å². The van der Waals surface area contributed by atoms with Crippen LogP contribution in [-0.4, -0.2) is 32.3 Å². The topological polar surface area (TPSA) is 75.6 Å². The number of nitrogens with one attached hydrogen (secondary N) is 1. The molecular formula is C16H17ClF3NO4S. The highest BCUT2D eigenvalue weighted by molar-refractivity contribution is 7.99. The van der Waals surface area contributed by atoms with Gasteiger partial charge in [0.2, 0.25) is 10.0 Å². The Morgan fingerprint density at radius 2 is 1.92 bits per heavy atom. The lowest BCUT2D eigenvalue weighted by atomic mass is 9.79. The molecule has 144 valence electrons. The number of sulfonamides is 1. The molecule has 0 aromatic heterocycles. The summed E-state index contributed by atoms with van der Waals surface area (Å²) in [6.07, 6.45) is -2.93. The van der Waals surface area contributed by atoms with Crippen LogP contribution in [0, 0.1) is 0 Å². The van der Waals surface area contributed by atoms with Crippen molar-refractivity contribution in [3.8, 4) is 0 Å². The lowest BCUT2D eigenvalue weighted by molar-refractivity contribution is -0.137. The quantitative estimate of drug-likeness (QED) is 0.775. The van der Waals surface area contributed by atoms with Crippen molar-refractivity contribution in [2.75, 3.05) is 7.11 Å². The molecule has 1 aromatic rings. The van der Waals surface area contributed by atoms with Gasteiger partial charge in [-0.1, -0.05) is 17.7 Å². The maximum absolute atomic E-state index is 12.9. The van der Waals surface area contributed by atoms with E-state index in [0.29, 0.717) is 31.7 Å². The molecule has 0 radical (unpaired) electrons. The van der Waals surface area contributed by atoms with Crippen molar-refractivity contribution in [1.82, 2.24) is 4.72 Å². The number of aliphatic hydroxyl groups is 1. The van der Waals surface area contributed by atoms with E-state index in [9.17, 15) is 26.7 Å². The largest absolute Gasteiger partial charge is 0.509 e. The predicted octanol–water partition coefficient (Wildman–Crippen LogP) is 3.85. The number of alkyl halides is 3. The molecule has 1 saturated carbocycles. The fraction of sp³-hybridized carbons (Fsp3) is 0.500. The van der Waals surface area contributed by atoms with E-state index in [0.717, 1.165) is 12.1 Å². The molecule has 1 fully saturated rings. The summed E-state index contributed by atoms with van der Waals surface area (Å²) in [4.78, 5) is -0.427. The minimum absolute atomic E-state index is 0.0255. The number of hydrogen-bond acceptors (Lipinski definition) is 4. The van der Waals surface area contributed by atoms with Gasteiger partial charge in [0.15, 0.2) is 0 Å². The average Bonchev–Trinajstić information content (AvgIpc) is 2.72. The van der Waals surface area contributed by atoms with Crippen LogP contribution >= 0.6 is 11.6 Å². The summed E-state index contributed by atoms with van der Waals surface area (Å²) >= 11 is 5.69. The van der Waals surface area contributed by atoms with E-state index in [1.54, 1.807) is 7.11 Å². The second-order valence-corrected chi connectivity index (χ2v) is 8.52. The van der Waals surface area contributed by atoms with E-state index >= 15 is 0 Å². The molecule has 0 bridgehead atoms. The van der Waals surface area contributed by atoms with Gasteiger partial charge in [0.1, 0.15) is 10.7 Å². The van der Waals surface area contributed by atoms with Crippen molar-refractivity contribution in [2.45, 2.75) is 43.5 Å². The SMILES string of the molecule is COC1CCC2(CC1)NS(=O)(=O)C(c1ccc(C(F)(F)F)c(Cl)c1)=C2O. The summed E-state index contributed by atoms with van der Waals surface area (Å²) in [6, 6.07) is 2.62. The molecule has 1 aliphatic heterocycles. The lowest BCUT2D eigenvalue weighted by Gasteiger charge is -2.35. The van der Waals surface area contributed by atoms with Gasteiger partial charge in [0.05, 0.1) is 22.2 Å². The van der Waals surface area contributed by atoms with Gasteiger partial charge in [-0.05, 0) is 43.4 Å². The molecule has 1 aliphatic carbocycles. The standard InChI is InChI=1S/C16H17ClF3NO4S/c1-25-10-4-6-15(7-5-10)14(22)13(26(23,24)21-15)9-2-3-11(12(17)8-9)16(18,19)20/h2-3,8,10,21-22H,4-7H2,1H3. The Bertz CT molecular complexity index is 859. The van der Waals surface area contributed by atoms with Crippen molar-refractivity contribution in [3.63, 3.8) is 0 Å². The molecule has 10 heteroatoms. The van der Waals surface area contributed by atoms with E-state index in [2.05, 4.69) is 4.72 Å². The zero-order chi connectivity index (χ0) is 19.3. The summed E-state index contributed by atoms with van der Waals surface area (Å²) in [5, 5.41) is 10.0. The summed E-state index contributed by atoms with van der Waals surface area (Å²) in [7, 11) is -2.53. The minimum atomic E-state index is -4.65. The van der Waals surface area contributed by atoms with Crippen LogP contribution in [0.5, 0.6) is 0 Å². The summed E-state index contributed by atoms with van der Waals surface area (Å²) in [6.45, 7) is 0. The van der Waals surface area contributed by atoms with Crippen LogP contribution in [0.1, 0.15) is 36.8 Å². The van der Waals surface area contributed by atoms with E-state index in [1.807, 2.05) is 0 Å². The van der Waals surface area contributed by atoms with Crippen molar-refractivity contribution in [1.29, 1.82) is 0 Å². The molecule has 1 spiro atoms. The predicted molar refractivity (Wildman–Crippen MR) is 90.1 cm³/mol. The maximum atomic E-state index is 12.9. The normalized spacial score (nSPS) is 28.7. The molecule has 0 saturated heterocycles. The fourth-order valence-electron chi connectivity index (χ4n) is 3.54. The molecular weight excluding hydrogens is 395 g/mol. The first-order valence-corrected chi connectivity index (χ1v) is 9.74. The Morgan fingerprint density at radius 1 is 1.31 bits per heavy atom. The second-order valence-electron chi connectivity index (χ2n) is 6.49. The van der Waals surface area contributed by atoms with Gasteiger partial charge in [-0.15, -0.1) is 0 Å². The molecule has 1 aromatic carbocycles. The van der Waals surface area contributed by atoms with Gasteiger partial charge in [0, 0.05) is 7.11 Å². The third-order valence-electron chi connectivity index (χ3n) is 4.92. The van der Waals surface area contributed by atoms with Crippen LogP contribution in [0.4, 0.5) is 13.2 Å². The van der Waals surface area contributed by atoms with Gasteiger partial charge >= 0.3 is 6.18 Å². The Hall–Kier alpha value is -1.29. The molecule has 1 heterocycles. The Kier molecular flexibility index (Phi) is 4.79. The maximum Gasteiger partial charge on any atom is 0.417 e. The highest BCUT2D eigenvalue weighted by Gasteiger charge is 2.51. The number of aliphatic hydroxyl groups excluding tert-OH is 1. The van der Waals surface area contributed by atoms with E-state index in [1.165, 1.54) is 0 Å². The van der Waals surface area contributed by atoms with E-state index < -0.39 is 37.2 Å². The molecule has 0 atom stereocenters. The first-order valence-electron chi connectivity index (χ1n) is 7.88. The van der Waals surface area contributed by atoms with Gasteiger partial charge in [-0.3, -0.25) is 0 Å². The number of ether oxygens (including phenoxy) is 1. The number of hydrogen-bond donors (Lipinski definition) is 2. The van der Waals surface area contributed by atoms with Crippen LogP contribution < -0.4 is 4.72 Å². The molecule has 2 N–H and O–H groups in total. The molecule has 5 nitrogen and oxygen atoms in total. The molecule has 2 aliphatic rings. The van der Waals surface area contributed by atoms with E-state index in [-0.39, 0.29) is 17.4 Å². The lowest BCUT2D eigenvalue weighted by Crippen LogP contribution is -2.48. The molecule has 3 rings (SSSR count). The highest BCUT2D eigenvalue weighted by atomic mass is 35.5. The van der Waals surface area contributed by atoms with Gasteiger partial charge in [-0.25, -0.2) is 8.42 Å². The molecule has 0 amide bonds. The number of halogens is 4. The van der Waals surface area contributed by atoms with Gasteiger partial charge in [-0.2, -0.15) is 17.9 Å². The molecule has 0 unspecified atom stereocenters. The van der Waals surface area contributed by atoms with Crippen LogP contribution in [0.2, 0.25) is 5.02 Å². The van der Waals surface area contributed by atoms with Gasteiger partial charge < -0.3 is 9.84 Å². The zero-order valence-corrected chi connectivity index (χ0v) is 15.3. The zero-order valence-electron chi connectivity index (χ0n) is 13.7. The number of methoxy groups -OCH3 is 1. The van der Waals surface area contributed by atoms with Crippen molar-refractivity contribution in [2.24, 2.45) is 0 Å². The Balaban J connectivity index is 2.04. The summed E-state index contributed by atoms with van der Waals surface area (Å²) < 4.78 is 71.4. The number of rotatable bonds is 2. The molecule has 26 heavy (non-hydrogen) atoms. The monoisotopic (exact) mass is 411 g/mol. The minimum Gasteiger partial charge on any atom is -0.509 e. The third kappa shape index (κ3) is 3.21. The Labute approximate surface area is 153 Å².